The van der Waals surface area contributed by atoms with E-state index in [-0.39, 0.29) is 11.8 Å². The Bertz CT molecular complexity index is 352. The van der Waals surface area contributed by atoms with Gasteiger partial charge < -0.3 is 5.32 Å². The molecule has 0 bridgehead atoms. The zero-order chi connectivity index (χ0) is 11.4. The van der Waals surface area contributed by atoms with Crippen LogP contribution in [0.2, 0.25) is 0 Å². The van der Waals surface area contributed by atoms with E-state index in [1.807, 2.05) is 0 Å². The molecule has 0 heterocycles. The first-order valence-electron chi connectivity index (χ1n) is 6.15. The molecular weight excluding hydrogens is 198 g/mol. The van der Waals surface area contributed by atoms with Crippen molar-refractivity contribution in [1.29, 1.82) is 0 Å². The van der Waals surface area contributed by atoms with Crippen LogP contribution in [0, 0.1) is 5.92 Å². The van der Waals surface area contributed by atoms with E-state index in [0.717, 1.165) is 19.3 Å². The predicted octanol–water partition coefficient (Wildman–Crippen LogP) is 2.67. The van der Waals surface area contributed by atoms with E-state index in [1.165, 1.54) is 17.5 Å². The predicted molar refractivity (Wildman–Crippen MR) is 65.0 cm³/mol. The molecule has 16 heavy (non-hydrogen) atoms. The first-order valence-corrected chi connectivity index (χ1v) is 6.15. The molecule has 2 heteroatoms. The van der Waals surface area contributed by atoms with E-state index in [9.17, 15) is 4.79 Å². The normalized spacial score (nSPS) is 15.6. The number of carbonyl (C=O) groups excluding carboxylic acids is 1. The maximum absolute atomic E-state index is 11.6. The molecule has 0 aliphatic heterocycles. The first-order chi connectivity index (χ1) is 7.79. The Morgan fingerprint density at radius 1 is 1.25 bits per heavy atom. The van der Waals surface area contributed by atoms with Crippen molar-refractivity contribution in [3.05, 3.63) is 35.4 Å². The Hall–Kier alpha value is -1.31. The average molecular weight is 217 g/mol. The highest BCUT2D eigenvalue weighted by atomic mass is 16.1. The lowest BCUT2D eigenvalue weighted by atomic mass is 9.85. The van der Waals surface area contributed by atoms with Crippen molar-refractivity contribution in [2.75, 3.05) is 0 Å². The summed E-state index contributed by atoms with van der Waals surface area (Å²) >= 11 is 0. The second-order valence-corrected chi connectivity index (χ2v) is 4.52. The van der Waals surface area contributed by atoms with Gasteiger partial charge in [0.2, 0.25) is 5.91 Å². The van der Waals surface area contributed by atoms with Crippen LogP contribution >= 0.6 is 0 Å². The Morgan fingerprint density at radius 2 is 1.88 bits per heavy atom. The number of amides is 1. The van der Waals surface area contributed by atoms with Crippen molar-refractivity contribution in [2.24, 2.45) is 5.92 Å². The molecule has 1 fully saturated rings. The minimum Gasteiger partial charge on any atom is -0.352 e. The lowest BCUT2D eigenvalue weighted by molar-refractivity contribution is -0.127. The molecule has 0 spiro atoms. The summed E-state index contributed by atoms with van der Waals surface area (Å²) in [5.41, 5.74) is 2.53. The van der Waals surface area contributed by atoms with Gasteiger partial charge >= 0.3 is 0 Å². The van der Waals surface area contributed by atoms with Gasteiger partial charge in [-0.3, -0.25) is 4.79 Å². The molecule has 0 atom stereocenters. The largest absolute Gasteiger partial charge is 0.352 e. The van der Waals surface area contributed by atoms with E-state index < -0.39 is 0 Å². The van der Waals surface area contributed by atoms with Gasteiger partial charge in [-0.1, -0.05) is 37.6 Å². The van der Waals surface area contributed by atoms with Gasteiger partial charge in [-0.05, 0) is 30.4 Å². The van der Waals surface area contributed by atoms with Crippen molar-refractivity contribution in [2.45, 2.75) is 39.2 Å². The minimum absolute atomic E-state index is 0.228. The first kappa shape index (κ1) is 11.2. The summed E-state index contributed by atoms with van der Waals surface area (Å²) in [5.74, 6) is 0.515. The maximum atomic E-state index is 11.6. The number of hydrogen-bond donors (Lipinski definition) is 1. The topological polar surface area (TPSA) is 29.1 Å². The summed E-state index contributed by atoms with van der Waals surface area (Å²) in [5, 5.41) is 3.00. The third kappa shape index (κ3) is 2.63. The van der Waals surface area contributed by atoms with Crippen molar-refractivity contribution in [3.63, 3.8) is 0 Å². The van der Waals surface area contributed by atoms with Crippen LogP contribution in [0.5, 0.6) is 0 Å². The molecule has 2 rings (SSSR count). The third-order valence-electron chi connectivity index (χ3n) is 3.37. The summed E-state index contributed by atoms with van der Waals surface area (Å²) in [6.45, 7) is 2.81. The van der Waals surface area contributed by atoms with E-state index in [0.29, 0.717) is 6.54 Å². The van der Waals surface area contributed by atoms with E-state index in [2.05, 4.69) is 36.5 Å². The smallest absolute Gasteiger partial charge is 0.223 e. The number of nitrogens with one attached hydrogen (secondary N) is 1. The number of aryl methyl sites for hydroxylation is 1. The lowest BCUT2D eigenvalue weighted by Crippen LogP contribution is -2.33. The molecule has 2 nitrogen and oxygen atoms in total. The molecular formula is C14H19NO. The Balaban J connectivity index is 1.81. The molecule has 1 aromatic rings. The van der Waals surface area contributed by atoms with Gasteiger partial charge in [-0.2, -0.15) is 0 Å². The SMILES string of the molecule is CCc1ccc(CNC(=O)C2CCC2)cc1. The summed E-state index contributed by atoms with van der Waals surface area (Å²) in [6, 6.07) is 8.45. The van der Waals surface area contributed by atoms with Gasteiger partial charge in [-0.25, -0.2) is 0 Å². The maximum Gasteiger partial charge on any atom is 0.223 e. The fourth-order valence-electron chi connectivity index (χ4n) is 1.90. The van der Waals surface area contributed by atoms with Crippen LogP contribution in [0.4, 0.5) is 0 Å². The Labute approximate surface area is 97.1 Å². The van der Waals surface area contributed by atoms with Crippen LogP contribution in [0.15, 0.2) is 24.3 Å². The summed E-state index contributed by atoms with van der Waals surface area (Å²) in [4.78, 5) is 11.6. The van der Waals surface area contributed by atoms with Gasteiger partial charge in [0, 0.05) is 12.5 Å². The van der Waals surface area contributed by atoms with Crippen LogP contribution in [-0.4, -0.2) is 5.91 Å². The van der Waals surface area contributed by atoms with Crippen LogP contribution in [-0.2, 0) is 17.8 Å². The summed E-state index contributed by atoms with van der Waals surface area (Å²) in [7, 11) is 0. The van der Waals surface area contributed by atoms with Crippen LogP contribution in [0.1, 0.15) is 37.3 Å². The lowest BCUT2D eigenvalue weighted by Gasteiger charge is -2.24. The highest BCUT2D eigenvalue weighted by Gasteiger charge is 2.24. The molecule has 1 saturated carbocycles. The summed E-state index contributed by atoms with van der Waals surface area (Å²) in [6.07, 6.45) is 4.42. The second-order valence-electron chi connectivity index (χ2n) is 4.52. The molecule has 0 unspecified atom stereocenters. The third-order valence-corrected chi connectivity index (χ3v) is 3.37. The van der Waals surface area contributed by atoms with E-state index in [1.54, 1.807) is 0 Å². The fraction of sp³-hybridized carbons (Fsp3) is 0.500. The molecule has 1 aliphatic carbocycles. The van der Waals surface area contributed by atoms with Gasteiger partial charge in [0.1, 0.15) is 0 Å². The van der Waals surface area contributed by atoms with Gasteiger partial charge in [-0.15, -0.1) is 0 Å². The zero-order valence-corrected chi connectivity index (χ0v) is 9.83. The molecule has 1 aliphatic rings. The molecule has 0 saturated heterocycles. The number of benzene rings is 1. The summed E-state index contributed by atoms with van der Waals surface area (Å²) < 4.78 is 0. The molecule has 1 amide bonds. The van der Waals surface area contributed by atoms with Crippen LogP contribution < -0.4 is 5.32 Å². The number of rotatable bonds is 4. The monoisotopic (exact) mass is 217 g/mol. The molecule has 86 valence electrons. The molecule has 0 radical (unpaired) electrons. The minimum atomic E-state index is 0.228. The molecule has 1 N–H and O–H groups in total. The van der Waals surface area contributed by atoms with E-state index in [4.69, 9.17) is 0 Å². The number of hydrogen-bond acceptors (Lipinski definition) is 1. The van der Waals surface area contributed by atoms with Gasteiger partial charge in [0.15, 0.2) is 0 Å². The van der Waals surface area contributed by atoms with Gasteiger partial charge in [0.25, 0.3) is 0 Å². The zero-order valence-electron chi connectivity index (χ0n) is 9.83. The van der Waals surface area contributed by atoms with Crippen LogP contribution in [0.3, 0.4) is 0 Å². The average Bonchev–Trinajstić information content (AvgIpc) is 2.25. The Kier molecular flexibility index (Phi) is 3.60. The highest BCUT2D eigenvalue weighted by Crippen LogP contribution is 2.26. The van der Waals surface area contributed by atoms with E-state index >= 15 is 0 Å². The van der Waals surface area contributed by atoms with Gasteiger partial charge in [0.05, 0.1) is 0 Å². The van der Waals surface area contributed by atoms with Crippen molar-refractivity contribution < 1.29 is 4.79 Å². The van der Waals surface area contributed by atoms with Crippen LogP contribution in [0.25, 0.3) is 0 Å². The fourth-order valence-corrected chi connectivity index (χ4v) is 1.90. The molecule has 0 aromatic heterocycles. The quantitative estimate of drug-likeness (QED) is 0.825. The number of carbonyl (C=O) groups is 1. The standard InChI is InChI=1S/C14H19NO/c1-2-11-6-8-12(9-7-11)10-15-14(16)13-4-3-5-13/h6-9,13H,2-5,10H2,1H3,(H,15,16). The van der Waals surface area contributed by atoms with Crippen molar-refractivity contribution >= 4 is 5.91 Å². The molecule has 1 aromatic carbocycles. The Morgan fingerprint density at radius 3 is 2.38 bits per heavy atom. The second kappa shape index (κ2) is 5.15. The van der Waals surface area contributed by atoms with Crippen molar-refractivity contribution in [1.82, 2.24) is 5.32 Å². The van der Waals surface area contributed by atoms with Crippen molar-refractivity contribution in [3.8, 4) is 0 Å². The highest BCUT2D eigenvalue weighted by molar-refractivity contribution is 5.79.